The number of morpholine rings is 1. The van der Waals surface area contributed by atoms with Crippen LogP contribution in [-0.2, 0) is 16.1 Å². The Morgan fingerprint density at radius 3 is 3.10 bits per heavy atom. The molecule has 1 aromatic rings. The molecule has 1 saturated heterocycles. The Morgan fingerprint density at radius 2 is 2.43 bits per heavy atom. The van der Waals surface area contributed by atoms with Crippen LogP contribution in [0.25, 0.3) is 0 Å². The summed E-state index contributed by atoms with van der Waals surface area (Å²) < 4.78 is 10.5. The minimum Gasteiger partial charge on any atom is -0.467 e. The SMILES string of the molecule is CC1CN(C(N)=NCC(=O)NCc2ccco2)CCO1.I. The monoisotopic (exact) mass is 408 g/mol. The van der Waals surface area contributed by atoms with Crippen molar-refractivity contribution in [2.24, 2.45) is 10.7 Å². The largest absolute Gasteiger partial charge is 0.467 e. The molecule has 2 heterocycles. The van der Waals surface area contributed by atoms with Gasteiger partial charge in [-0.1, -0.05) is 0 Å². The maximum atomic E-state index is 11.6. The standard InChI is InChI=1S/C13H20N4O3.HI/c1-10-9-17(4-6-19-10)13(14)16-8-12(18)15-7-11-3-2-5-20-11;/h2-3,5,10H,4,6-9H2,1H3,(H2,14,16)(H,15,18);1H. The van der Waals surface area contributed by atoms with Gasteiger partial charge < -0.3 is 25.1 Å². The smallest absolute Gasteiger partial charge is 0.242 e. The summed E-state index contributed by atoms with van der Waals surface area (Å²) in [7, 11) is 0. The summed E-state index contributed by atoms with van der Waals surface area (Å²) in [4.78, 5) is 17.7. The Morgan fingerprint density at radius 1 is 1.62 bits per heavy atom. The number of nitrogens with one attached hydrogen (secondary N) is 1. The number of guanidine groups is 1. The van der Waals surface area contributed by atoms with E-state index < -0.39 is 0 Å². The van der Waals surface area contributed by atoms with E-state index in [-0.39, 0.29) is 42.5 Å². The quantitative estimate of drug-likeness (QED) is 0.431. The molecule has 0 radical (unpaired) electrons. The second kappa shape index (κ2) is 8.88. The lowest BCUT2D eigenvalue weighted by molar-refractivity contribution is -0.119. The van der Waals surface area contributed by atoms with Gasteiger partial charge in [-0.05, 0) is 19.1 Å². The number of rotatable bonds is 4. The van der Waals surface area contributed by atoms with Crippen molar-refractivity contribution in [3.8, 4) is 0 Å². The molecule has 1 aliphatic rings. The van der Waals surface area contributed by atoms with E-state index in [1.807, 2.05) is 11.8 Å². The minimum atomic E-state index is -0.189. The molecule has 0 spiro atoms. The number of nitrogens with zero attached hydrogens (tertiary/aromatic N) is 2. The van der Waals surface area contributed by atoms with Gasteiger partial charge in [0.1, 0.15) is 12.3 Å². The first-order valence-corrected chi connectivity index (χ1v) is 6.60. The molecule has 21 heavy (non-hydrogen) atoms. The third-order valence-electron chi connectivity index (χ3n) is 2.99. The number of hydrogen-bond acceptors (Lipinski definition) is 4. The Hall–Kier alpha value is -1.29. The second-order valence-electron chi connectivity index (χ2n) is 4.66. The van der Waals surface area contributed by atoms with Crippen molar-refractivity contribution in [1.82, 2.24) is 10.2 Å². The van der Waals surface area contributed by atoms with Crippen molar-refractivity contribution in [3.63, 3.8) is 0 Å². The van der Waals surface area contributed by atoms with Gasteiger partial charge in [0, 0.05) is 13.1 Å². The summed E-state index contributed by atoms with van der Waals surface area (Å²) >= 11 is 0. The first-order chi connectivity index (χ1) is 9.65. The van der Waals surface area contributed by atoms with Gasteiger partial charge in [0.2, 0.25) is 5.91 Å². The molecule has 1 atom stereocenters. The summed E-state index contributed by atoms with van der Waals surface area (Å²) in [6, 6.07) is 3.57. The van der Waals surface area contributed by atoms with Gasteiger partial charge in [-0.2, -0.15) is 0 Å². The maximum absolute atomic E-state index is 11.6. The molecule has 0 aliphatic carbocycles. The Kier molecular flexibility index (Phi) is 7.51. The predicted molar refractivity (Wildman–Crippen MR) is 89.4 cm³/mol. The van der Waals surface area contributed by atoms with E-state index in [0.29, 0.717) is 38.0 Å². The molecule has 1 aliphatic heterocycles. The highest BCUT2D eigenvalue weighted by atomic mass is 127. The summed E-state index contributed by atoms with van der Waals surface area (Å²) in [6.07, 6.45) is 1.70. The van der Waals surface area contributed by atoms with Crippen LogP contribution in [0.4, 0.5) is 0 Å². The number of ether oxygens (including phenoxy) is 1. The number of carbonyl (C=O) groups is 1. The molecule has 118 valence electrons. The molecule has 2 rings (SSSR count). The molecule has 3 N–H and O–H groups in total. The van der Waals surface area contributed by atoms with E-state index >= 15 is 0 Å². The van der Waals surface area contributed by atoms with Crippen LogP contribution >= 0.6 is 24.0 Å². The Bertz CT molecular complexity index is 464. The second-order valence-corrected chi connectivity index (χ2v) is 4.66. The number of aliphatic imine (C=N–C) groups is 1. The molecular weight excluding hydrogens is 387 g/mol. The third-order valence-corrected chi connectivity index (χ3v) is 2.99. The van der Waals surface area contributed by atoms with Crippen LogP contribution in [0, 0.1) is 0 Å². The van der Waals surface area contributed by atoms with E-state index in [4.69, 9.17) is 14.9 Å². The van der Waals surface area contributed by atoms with E-state index in [2.05, 4.69) is 10.3 Å². The zero-order valence-electron chi connectivity index (χ0n) is 11.9. The summed E-state index contributed by atoms with van der Waals surface area (Å²) in [6.45, 7) is 4.38. The molecule has 7 nitrogen and oxygen atoms in total. The first kappa shape index (κ1) is 17.8. The van der Waals surface area contributed by atoms with E-state index in [9.17, 15) is 4.79 Å². The zero-order valence-corrected chi connectivity index (χ0v) is 14.3. The average molecular weight is 408 g/mol. The van der Waals surface area contributed by atoms with Crippen molar-refractivity contribution in [2.75, 3.05) is 26.2 Å². The predicted octanol–water partition coefficient (Wildman–Crippen LogP) is 0.549. The number of hydrogen-bond donors (Lipinski definition) is 2. The summed E-state index contributed by atoms with van der Waals surface area (Å²) in [5.41, 5.74) is 5.87. The highest BCUT2D eigenvalue weighted by molar-refractivity contribution is 14.0. The van der Waals surface area contributed by atoms with Gasteiger partial charge in [-0.3, -0.25) is 4.79 Å². The molecule has 1 unspecified atom stereocenters. The van der Waals surface area contributed by atoms with Crippen LogP contribution in [0.15, 0.2) is 27.8 Å². The van der Waals surface area contributed by atoms with E-state index in [0.717, 1.165) is 0 Å². The topological polar surface area (TPSA) is 93.1 Å². The highest BCUT2D eigenvalue weighted by Crippen LogP contribution is 2.03. The fraction of sp³-hybridized carbons (Fsp3) is 0.538. The number of amides is 1. The Labute approximate surface area is 140 Å². The number of nitrogens with two attached hydrogens (primary N) is 1. The molecule has 0 bridgehead atoms. The van der Waals surface area contributed by atoms with Crippen molar-refractivity contribution in [1.29, 1.82) is 0 Å². The molecule has 1 fully saturated rings. The normalized spacial score (nSPS) is 19.0. The van der Waals surface area contributed by atoms with Gasteiger partial charge >= 0.3 is 0 Å². The average Bonchev–Trinajstić information content (AvgIpc) is 2.95. The maximum Gasteiger partial charge on any atom is 0.242 e. The van der Waals surface area contributed by atoms with Gasteiger partial charge in [-0.25, -0.2) is 4.99 Å². The molecule has 0 aromatic carbocycles. The summed E-state index contributed by atoms with van der Waals surface area (Å²) in [5.74, 6) is 0.899. The van der Waals surface area contributed by atoms with E-state index in [1.165, 1.54) is 0 Å². The highest BCUT2D eigenvalue weighted by Gasteiger charge is 2.18. The molecule has 0 saturated carbocycles. The number of halogens is 1. The van der Waals surface area contributed by atoms with Gasteiger partial charge in [0.15, 0.2) is 5.96 Å². The molecule has 8 heteroatoms. The van der Waals surface area contributed by atoms with Crippen LogP contribution in [0.2, 0.25) is 0 Å². The lowest BCUT2D eigenvalue weighted by Crippen LogP contribution is -2.48. The third kappa shape index (κ3) is 5.92. The van der Waals surface area contributed by atoms with E-state index in [1.54, 1.807) is 18.4 Å². The van der Waals surface area contributed by atoms with Gasteiger partial charge in [0.05, 0.1) is 25.5 Å². The van der Waals surface area contributed by atoms with Crippen molar-refractivity contribution in [2.45, 2.75) is 19.6 Å². The lowest BCUT2D eigenvalue weighted by atomic mass is 10.3. The van der Waals surface area contributed by atoms with Crippen LogP contribution in [-0.4, -0.2) is 49.1 Å². The van der Waals surface area contributed by atoms with Crippen molar-refractivity contribution < 1.29 is 13.9 Å². The molecular formula is C13H21IN4O3. The first-order valence-electron chi connectivity index (χ1n) is 6.60. The number of carbonyl (C=O) groups excluding carboxylic acids is 1. The lowest BCUT2D eigenvalue weighted by Gasteiger charge is -2.31. The number of furan rings is 1. The molecule has 1 aromatic heterocycles. The van der Waals surface area contributed by atoms with Gasteiger partial charge in [0.25, 0.3) is 0 Å². The molecule has 1 amide bonds. The summed E-state index contributed by atoms with van der Waals surface area (Å²) in [5, 5.41) is 2.71. The van der Waals surface area contributed by atoms with Crippen molar-refractivity contribution >= 4 is 35.8 Å². The van der Waals surface area contributed by atoms with Crippen LogP contribution in [0.1, 0.15) is 12.7 Å². The fourth-order valence-electron chi connectivity index (χ4n) is 1.93. The van der Waals surface area contributed by atoms with Crippen molar-refractivity contribution in [3.05, 3.63) is 24.2 Å². The van der Waals surface area contributed by atoms with Gasteiger partial charge in [-0.15, -0.1) is 24.0 Å². The van der Waals surface area contributed by atoms with Crippen LogP contribution in [0.3, 0.4) is 0 Å². The Balaban J connectivity index is 0.00000220. The van der Waals surface area contributed by atoms with Crippen LogP contribution < -0.4 is 11.1 Å². The zero-order chi connectivity index (χ0) is 14.4. The fourth-order valence-corrected chi connectivity index (χ4v) is 1.93. The van der Waals surface area contributed by atoms with Crippen LogP contribution in [0.5, 0.6) is 0 Å². The minimum absolute atomic E-state index is 0.